The van der Waals surface area contributed by atoms with Crippen LogP contribution in [0.4, 0.5) is 5.13 Å². The molecule has 0 unspecified atom stereocenters. The summed E-state index contributed by atoms with van der Waals surface area (Å²) in [5, 5.41) is 5.65. The maximum atomic E-state index is 12.5. The Morgan fingerprint density at radius 1 is 1.17 bits per heavy atom. The first-order valence-corrected chi connectivity index (χ1v) is 8.08. The standard InChI is InChI=1S/C16H21N3O4S/c1-19(2)16-18-10(9-24-16)8-17-15(20)11-6-7-12(21-3)14(23-5)13(11)22-4/h6-7,9H,8H2,1-5H3,(H,17,20). The molecule has 1 aromatic carbocycles. The Morgan fingerprint density at radius 3 is 2.42 bits per heavy atom. The van der Waals surface area contributed by atoms with Gasteiger partial charge in [-0.15, -0.1) is 11.3 Å². The van der Waals surface area contributed by atoms with E-state index in [9.17, 15) is 4.79 Å². The molecule has 0 aliphatic heterocycles. The van der Waals surface area contributed by atoms with Gasteiger partial charge < -0.3 is 24.4 Å². The minimum atomic E-state index is -0.271. The normalized spacial score (nSPS) is 10.2. The second-order valence-corrected chi connectivity index (χ2v) is 5.92. The maximum Gasteiger partial charge on any atom is 0.255 e. The van der Waals surface area contributed by atoms with E-state index in [1.807, 2.05) is 24.4 Å². The van der Waals surface area contributed by atoms with Crippen molar-refractivity contribution in [3.05, 3.63) is 28.8 Å². The van der Waals surface area contributed by atoms with E-state index in [2.05, 4.69) is 10.3 Å². The molecule has 2 rings (SSSR count). The number of nitrogens with zero attached hydrogens (tertiary/aromatic N) is 2. The number of amides is 1. The van der Waals surface area contributed by atoms with Gasteiger partial charge in [-0.2, -0.15) is 0 Å². The summed E-state index contributed by atoms with van der Waals surface area (Å²) >= 11 is 1.53. The predicted octanol–water partition coefficient (Wildman–Crippen LogP) is 2.16. The fraction of sp³-hybridized carbons (Fsp3) is 0.375. The number of hydrogen-bond acceptors (Lipinski definition) is 7. The van der Waals surface area contributed by atoms with Gasteiger partial charge in [-0.25, -0.2) is 4.98 Å². The van der Waals surface area contributed by atoms with E-state index in [0.717, 1.165) is 10.8 Å². The van der Waals surface area contributed by atoms with Crippen molar-refractivity contribution in [2.75, 3.05) is 40.3 Å². The van der Waals surface area contributed by atoms with Crippen LogP contribution < -0.4 is 24.4 Å². The molecule has 0 saturated heterocycles. The second kappa shape index (κ2) is 7.87. The number of ether oxygens (including phenoxy) is 3. The van der Waals surface area contributed by atoms with E-state index >= 15 is 0 Å². The summed E-state index contributed by atoms with van der Waals surface area (Å²) in [6.07, 6.45) is 0. The molecule has 1 amide bonds. The van der Waals surface area contributed by atoms with Crippen LogP contribution in [0.25, 0.3) is 0 Å². The Kier molecular flexibility index (Phi) is 5.86. The highest BCUT2D eigenvalue weighted by Crippen LogP contribution is 2.39. The number of methoxy groups -OCH3 is 3. The van der Waals surface area contributed by atoms with Crippen molar-refractivity contribution >= 4 is 22.4 Å². The number of rotatable bonds is 7. The van der Waals surface area contributed by atoms with Crippen LogP contribution in [0.2, 0.25) is 0 Å². The van der Waals surface area contributed by atoms with Gasteiger partial charge in [-0.3, -0.25) is 4.79 Å². The van der Waals surface area contributed by atoms with E-state index in [4.69, 9.17) is 14.2 Å². The molecule has 2 aromatic rings. The predicted molar refractivity (Wildman–Crippen MR) is 93.7 cm³/mol. The number of hydrogen-bond donors (Lipinski definition) is 1. The van der Waals surface area contributed by atoms with Crippen LogP contribution in [0, 0.1) is 0 Å². The molecular weight excluding hydrogens is 330 g/mol. The third-order valence-corrected chi connectivity index (χ3v) is 4.36. The van der Waals surface area contributed by atoms with Crippen LogP contribution in [0.3, 0.4) is 0 Å². The lowest BCUT2D eigenvalue weighted by Crippen LogP contribution is -2.23. The first kappa shape index (κ1) is 17.9. The Balaban J connectivity index is 2.17. The van der Waals surface area contributed by atoms with Crippen LogP contribution in [0.1, 0.15) is 16.1 Å². The molecule has 0 atom stereocenters. The maximum absolute atomic E-state index is 12.5. The minimum Gasteiger partial charge on any atom is -0.493 e. The lowest BCUT2D eigenvalue weighted by Gasteiger charge is -2.15. The number of aromatic nitrogens is 1. The number of thiazole rings is 1. The van der Waals surface area contributed by atoms with Gasteiger partial charge in [0.25, 0.3) is 5.91 Å². The van der Waals surface area contributed by atoms with Gasteiger partial charge in [0.1, 0.15) is 0 Å². The largest absolute Gasteiger partial charge is 0.493 e. The van der Waals surface area contributed by atoms with Crippen LogP contribution in [-0.2, 0) is 6.54 Å². The molecule has 0 aliphatic carbocycles. The zero-order chi connectivity index (χ0) is 17.7. The zero-order valence-electron chi connectivity index (χ0n) is 14.4. The summed E-state index contributed by atoms with van der Waals surface area (Å²) in [5.41, 5.74) is 1.18. The summed E-state index contributed by atoms with van der Waals surface area (Å²) < 4.78 is 15.8. The number of nitrogens with one attached hydrogen (secondary N) is 1. The molecule has 130 valence electrons. The molecule has 0 fully saturated rings. The first-order chi connectivity index (χ1) is 11.5. The Hall–Kier alpha value is -2.48. The SMILES string of the molecule is COc1ccc(C(=O)NCc2csc(N(C)C)n2)c(OC)c1OC. The average Bonchev–Trinajstić information content (AvgIpc) is 3.07. The minimum absolute atomic E-state index is 0.271. The highest BCUT2D eigenvalue weighted by Gasteiger charge is 2.20. The first-order valence-electron chi connectivity index (χ1n) is 7.20. The van der Waals surface area contributed by atoms with Crippen molar-refractivity contribution in [3.8, 4) is 17.2 Å². The molecule has 0 spiro atoms. The molecule has 0 aliphatic rings. The molecule has 0 radical (unpaired) electrons. The van der Waals surface area contributed by atoms with E-state index in [1.165, 1.54) is 32.7 Å². The van der Waals surface area contributed by atoms with Crippen molar-refractivity contribution in [2.45, 2.75) is 6.54 Å². The summed E-state index contributed by atoms with van der Waals surface area (Å²) in [5.74, 6) is 0.950. The van der Waals surface area contributed by atoms with Crippen LogP contribution in [0.15, 0.2) is 17.5 Å². The zero-order valence-corrected chi connectivity index (χ0v) is 15.2. The highest BCUT2D eigenvalue weighted by atomic mass is 32.1. The van der Waals surface area contributed by atoms with Crippen molar-refractivity contribution in [2.24, 2.45) is 0 Å². The fourth-order valence-electron chi connectivity index (χ4n) is 2.13. The molecule has 0 saturated carbocycles. The van der Waals surface area contributed by atoms with E-state index in [0.29, 0.717) is 29.4 Å². The van der Waals surface area contributed by atoms with E-state index < -0.39 is 0 Å². The van der Waals surface area contributed by atoms with Crippen LogP contribution >= 0.6 is 11.3 Å². The van der Waals surface area contributed by atoms with Crippen LogP contribution in [-0.4, -0.2) is 46.3 Å². The Morgan fingerprint density at radius 2 is 1.88 bits per heavy atom. The summed E-state index contributed by atoms with van der Waals surface area (Å²) in [4.78, 5) is 18.8. The van der Waals surface area contributed by atoms with Gasteiger partial charge >= 0.3 is 0 Å². The molecule has 1 aromatic heterocycles. The molecule has 1 heterocycles. The molecule has 0 bridgehead atoms. The third kappa shape index (κ3) is 3.70. The highest BCUT2D eigenvalue weighted by molar-refractivity contribution is 7.13. The second-order valence-electron chi connectivity index (χ2n) is 5.08. The fourth-order valence-corrected chi connectivity index (χ4v) is 2.89. The van der Waals surface area contributed by atoms with Crippen molar-refractivity contribution < 1.29 is 19.0 Å². The molecular formula is C16H21N3O4S. The van der Waals surface area contributed by atoms with E-state index in [-0.39, 0.29) is 5.91 Å². The lowest BCUT2D eigenvalue weighted by atomic mass is 10.1. The summed E-state index contributed by atoms with van der Waals surface area (Å²) in [7, 11) is 8.37. The van der Waals surface area contributed by atoms with Crippen LogP contribution in [0.5, 0.6) is 17.2 Å². The van der Waals surface area contributed by atoms with Gasteiger partial charge in [-0.05, 0) is 12.1 Å². The number of carbonyl (C=O) groups excluding carboxylic acids is 1. The quantitative estimate of drug-likeness (QED) is 0.824. The van der Waals surface area contributed by atoms with Crippen molar-refractivity contribution in [1.82, 2.24) is 10.3 Å². The monoisotopic (exact) mass is 351 g/mol. The van der Waals surface area contributed by atoms with Crippen molar-refractivity contribution in [1.29, 1.82) is 0 Å². The number of benzene rings is 1. The van der Waals surface area contributed by atoms with E-state index in [1.54, 1.807) is 12.1 Å². The van der Waals surface area contributed by atoms with Gasteiger partial charge in [-0.1, -0.05) is 0 Å². The van der Waals surface area contributed by atoms with Gasteiger partial charge in [0.05, 0.1) is 39.1 Å². The number of carbonyl (C=O) groups is 1. The van der Waals surface area contributed by atoms with Gasteiger partial charge in [0, 0.05) is 19.5 Å². The van der Waals surface area contributed by atoms with Crippen molar-refractivity contribution in [3.63, 3.8) is 0 Å². The van der Waals surface area contributed by atoms with Gasteiger partial charge in [0.15, 0.2) is 16.6 Å². The molecule has 24 heavy (non-hydrogen) atoms. The molecule has 8 heteroatoms. The Labute approximate surface area is 145 Å². The molecule has 1 N–H and O–H groups in total. The summed E-state index contributed by atoms with van der Waals surface area (Å²) in [6.45, 7) is 0.334. The molecule has 7 nitrogen and oxygen atoms in total. The Bertz CT molecular complexity index is 715. The third-order valence-electron chi connectivity index (χ3n) is 3.30. The summed E-state index contributed by atoms with van der Waals surface area (Å²) in [6, 6.07) is 3.31. The van der Waals surface area contributed by atoms with Gasteiger partial charge in [0.2, 0.25) is 5.75 Å². The lowest BCUT2D eigenvalue weighted by molar-refractivity contribution is 0.0946. The average molecular weight is 351 g/mol. The number of anilines is 1. The topological polar surface area (TPSA) is 72.9 Å². The smallest absolute Gasteiger partial charge is 0.255 e.